The topological polar surface area (TPSA) is 55.4 Å². The minimum absolute atomic E-state index is 0.408. The van der Waals surface area contributed by atoms with Crippen LogP contribution in [-0.4, -0.2) is 25.0 Å². The van der Waals surface area contributed by atoms with Gasteiger partial charge in [-0.05, 0) is 12.8 Å². The molecule has 0 heterocycles. The van der Waals surface area contributed by atoms with E-state index in [1.54, 1.807) is 0 Å². The monoisotopic (exact) mass is 201 g/mol. The van der Waals surface area contributed by atoms with Gasteiger partial charge in [-0.2, -0.15) is 0 Å². The van der Waals surface area contributed by atoms with Gasteiger partial charge in [0, 0.05) is 0 Å². The molecule has 1 amide bonds. The van der Waals surface area contributed by atoms with E-state index in [0.29, 0.717) is 13.0 Å². The van der Waals surface area contributed by atoms with E-state index in [-0.39, 0.29) is 0 Å². The molecule has 0 bridgehead atoms. The number of ether oxygens (including phenoxy) is 1. The third kappa shape index (κ3) is 6.46. The van der Waals surface area contributed by atoms with Gasteiger partial charge in [-0.15, -0.1) is 0 Å². The van der Waals surface area contributed by atoms with Crippen LogP contribution in [0.25, 0.3) is 0 Å². The van der Waals surface area contributed by atoms with Gasteiger partial charge in [0.2, 0.25) is 0 Å². The maximum Gasteiger partial charge on any atom is 0.407 e. The summed E-state index contributed by atoms with van der Waals surface area (Å²) in [5.41, 5.74) is 0. The van der Waals surface area contributed by atoms with E-state index in [9.17, 15) is 9.59 Å². The van der Waals surface area contributed by atoms with E-state index >= 15 is 0 Å². The Morgan fingerprint density at radius 2 is 2.14 bits per heavy atom. The summed E-state index contributed by atoms with van der Waals surface area (Å²) >= 11 is 0. The SMILES string of the molecule is CCCCOC(=O)NC(C=O)CCC. The maximum absolute atomic E-state index is 11.1. The number of unbranched alkanes of at least 4 members (excludes halogenated alkanes) is 1. The molecule has 4 nitrogen and oxygen atoms in total. The summed E-state index contributed by atoms with van der Waals surface area (Å²) in [6, 6.07) is -0.408. The summed E-state index contributed by atoms with van der Waals surface area (Å²) in [6.45, 7) is 4.40. The standard InChI is InChI=1S/C10H19NO3/c1-3-5-7-14-10(13)11-9(8-12)6-4-2/h8-9H,3-7H2,1-2H3,(H,11,13). The molecule has 0 aliphatic heterocycles. The molecule has 0 fully saturated rings. The molecule has 0 aromatic heterocycles. The Kier molecular flexibility index (Phi) is 7.89. The third-order valence-electron chi connectivity index (χ3n) is 1.80. The van der Waals surface area contributed by atoms with Crippen LogP contribution in [0.3, 0.4) is 0 Å². The van der Waals surface area contributed by atoms with Crippen LogP contribution in [0.2, 0.25) is 0 Å². The number of amides is 1. The van der Waals surface area contributed by atoms with Gasteiger partial charge < -0.3 is 14.8 Å². The molecule has 0 aromatic carbocycles. The molecular formula is C10H19NO3. The highest BCUT2D eigenvalue weighted by Gasteiger charge is 2.10. The molecule has 0 saturated heterocycles. The van der Waals surface area contributed by atoms with Gasteiger partial charge in [0.1, 0.15) is 6.29 Å². The van der Waals surface area contributed by atoms with E-state index in [4.69, 9.17) is 4.74 Å². The van der Waals surface area contributed by atoms with Crippen molar-refractivity contribution in [2.75, 3.05) is 6.61 Å². The highest BCUT2D eigenvalue weighted by molar-refractivity contribution is 5.72. The Balaban J connectivity index is 3.62. The molecule has 0 radical (unpaired) electrons. The zero-order chi connectivity index (χ0) is 10.8. The van der Waals surface area contributed by atoms with Crippen molar-refractivity contribution >= 4 is 12.4 Å². The number of hydrogen-bond donors (Lipinski definition) is 1. The van der Waals surface area contributed by atoms with Crippen LogP contribution >= 0.6 is 0 Å². The third-order valence-corrected chi connectivity index (χ3v) is 1.80. The summed E-state index contributed by atoms with van der Waals surface area (Å²) in [7, 11) is 0. The molecule has 1 unspecified atom stereocenters. The molecule has 1 atom stereocenters. The number of alkyl carbamates (subject to hydrolysis) is 1. The van der Waals surface area contributed by atoms with Crippen LogP contribution in [0.1, 0.15) is 39.5 Å². The van der Waals surface area contributed by atoms with Crippen molar-refractivity contribution in [1.82, 2.24) is 5.32 Å². The fourth-order valence-electron chi connectivity index (χ4n) is 0.987. The molecule has 0 aromatic rings. The van der Waals surface area contributed by atoms with E-state index in [2.05, 4.69) is 5.32 Å². The van der Waals surface area contributed by atoms with Crippen LogP contribution in [-0.2, 0) is 9.53 Å². The summed E-state index contributed by atoms with van der Waals surface area (Å²) in [5.74, 6) is 0. The quantitative estimate of drug-likeness (QED) is 0.505. The minimum atomic E-state index is -0.496. The number of carbonyl (C=O) groups is 2. The lowest BCUT2D eigenvalue weighted by atomic mass is 10.2. The first-order chi connectivity index (χ1) is 6.74. The van der Waals surface area contributed by atoms with Crippen LogP contribution in [0.5, 0.6) is 0 Å². The molecule has 0 saturated carbocycles. The molecule has 1 N–H and O–H groups in total. The molecule has 0 spiro atoms. The first kappa shape index (κ1) is 12.9. The van der Waals surface area contributed by atoms with Gasteiger partial charge in [0.05, 0.1) is 12.6 Å². The van der Waals surface area contributed by atoms with E-state index in [1.165, 1.54) is 0 Å². The first-order valence-corrected chi connectivity index (χ1v) is 5.13. The highest BCUT2D eigenvalue weighted by atomic mass is 16.5. The van der Waals surface area contributed by atoms with Crippen molar-refractivity contribution < 1.29 is 14.3 Å². The number of aldehydes is 1. The van der Waals surface area contributed by atoms with Crippen molar-refractivity contribution in [3.63, 3.8) is 0 Å². The van der Waals surface area contributed by atoms with Crippen molar-refractivity contribution in [3.05, 3.63) is 0 Å². The molecule has 0 aliphatic rings. The van der Waals surface area contributed by atoms with Crippen molar-refractivity contribution in [2.45, 2.75) is 45.6 Å². The largest absolute Gasteiger partial charge is 0.450 e. The summed E-state index contributed by atoms with van der Waals surface area (Å²) in [5, 5.41) is 2.50. The van der Waals surface area contributed by atoms with Crippen molar-refractivity contribution in [2.24, 2.45) is 0 Å². The normalized spacial score (nSPS) is 11.9. The summed E-state index contributed by atoms with van der Waals surface area (Å²) in [6.07, 6.45) is 3.60. The average molecular weight is 201 g/mol. The van der Waals surface area contributed by atoms with Crippen molar-refractivity contribution in [1.29, 1.82) is 0 Å². The lowest BCUT2D eigenvalue weighted by molar-refractivity contribution is -0.109. The molecule has 0 rings (SSSR count). The lowest BCUT2D eigenvalue weighted by Crippen LogP contribution is -2.36. The average Bonchev–Trinajstić information content (AvgIpc) is 2.17. The number of rotatable bonds is 7. The Morgan fingerprint density at radius 3 is 2.64 bits per heavy atom. The van der Waals surface area contributed by atoms with Gasteiger partial charge in [0.15, 0.2) is 0 Å². The predicted octanol–water partition coefficient (Wildman–Crippen LogP) is 1.88. The van der Waals surface area contributed by atoms with Crippen LogP contribution in [0.4, 0.5) is 4.79 Å². The zero-order valence-electron chi connectivity index (χ0n) is 8.91. The van der Waals surface area contributed by atoms with Gasteiger partial charge >= 0.3 is 6.09 Å². The Bertz CT molecular complexity index is 171. The second kappa shape index (κ2) is 8.53. The maximum atomic E-state index is 11.1. The summed E-state index contributed by atoms with van der Waals surface area (Å²) in [4.78, 5) is 21.6. The second-order valence-corrected chi connectivity index (χ2v) is 3.17. The van der Waals surface area contributed by atoms with E-state index in [0.717, 1.165) is 25.5 Å². The molecule has 14 heavy (non-hydrogen) atoms. The summed E-state index contributed by atoms with van der Waals surface area (Å²) < 4.78 is 4.85. The number of nitrogens with one attached hydrogen (secondary N) is 1. The lowest BCUT2D eigenvalue weighted by Gasteiger charge is -2.11. The van der Waals surface area contributed by atoms with Gasteiger partial charge in [0.25, 0.3) is 0 Å². The fraction of sp³-hybridized carbons (Fsp3) is 0.800. The van der Waals surface area contributed by atoms with Gasteiger partial charge in [-0.3, -0.25) is 0 Å². The van der Waals surface area contributed by atoms with Crippen molar-refractivity contribution in [3.8, 4) is 0 Å². The molecular weight excluding hydrogens is 182 g/mol. The fourth-order valence-corrected chi connectivity index (χ4v) is 0.987. The molecule has 0 aliphatic carbocycles. The van der Waals surface area contributed by atoms with E-state index in [1.807, 2.05) is 13.8 Å². The first-order valence-electron chi connectivity index (χ1n) is 5.13. The second-order valence-electron chi connectivity index (χ2n) is 3.17. The van der Waals surface area contributed by atoms with E-state index < -0.39 is 12.1 Å². The Labute approximate surface area is 85.0 Å². The highest BCUT2D eigenvalue weighted by Crippen LogP contribution is 1.95. The number of hydrogen-bond acceptors (Lipinski definition) is 3. The Morgan fingerprint density at radius 1 is 1.43 bits per heavy atom. The van der Waals surface area contributed by atoms with Gasteiger partial charge in [-0.1, -0.05) is 26.7 Å². The van der Waals surface area contributed by atoms with Crippen LogP contribution in [0, 0.1) is 0 Å². The smallest absolute Gasteiger partial charge is 0.407 e. The predicted molar refractivity (Wildman–Crippen MR) is 54.2 cm³/mol. The molecule has 82 valence electrons. The van der Waals surface area contributed by atoms with Crippen LogP contribution in [0.15, 0.2) is 0 Å². The Hall–Kier alpha value is -1.06. The van der Waals surface area contributed by atoms with Gasteiger partial charge in [-0.25, -0.2) is 4.79 Å². The van der Waals surface area contributed by atoms with Crippen LogP contribution < -0.4 is 5.32 Å². The zero-order valence-corrected chi connectivity index (χ0v) is 8.91. The molecule has 4 heteroatoms. The number of carbonyl (C=O) groups excluding carboxylic acids is 2. The minimum Gasteiger partial charge on any atom is -0.450 e.